The lowest BCUT2D eigenvalue weighted by atomic mass is 10.1. The highest BCUT2D eigenvalue weighted by molar-refractivity contribution is 9.10. The van der Waals surface area contributed by atoms with Crippen LogP contribution in [0.25, 0.3) is 0 Å². The van der Waals surface area contributed by atoms with Crippen LogP contribution >= 0.6 is 31.9 Å². The summed E-state index contributed by atoms with van der Waals surface area (Å²) >= 11 is 6.53. The first-order valence-electron chi connectivity index (χ1n) is 7.33. The van der Waals surface area contributed by atoms with Crippen LogP contribution in [0.1, 0.15) is 31.8 Å². The molecule has 0 saturated carbocycles. The zero-order chi connectivity index (χ0) is 20.0. The molecule has 0 saturated heterocycles. The van der Waals surface area contributed by atoms with E-state index in [4.69, 9.17) is 5.73 Å². The van der Waals surface area contributed by atoms with Crippen LogP contribution in [0.4, 0.5) is 5.69 Å². The zero-order valence-corrected chi connectivity index (χ0v) is 17.9. The molecule has 0 atom stereocenters. The molecule has 0 aromatic heterocycles. The van der Waals surface area contributed by atoms with Gasteiger partial charge in [-0.1, -0.05) is 31.9 Å². The molecule has 140 valence electrons. The van der Waals surface area contributed by atoms with Crippen molar-refractivity contribution in [2.75, 3.05) is 20.0 Å². The van der Waals surface area contributed by atoms with Crippen LogP contribution in [0.15, 0.2) is 33.2 Å². The van der Waals surface area contributed by atoms with E-state index < -0.39 is 5.97 Å². The summed E-state index contributed by atoms with van der Waals surface area (Å²) in [6.45, 7) is 3.60. The van der Waals surface area contributed by atoms with E-state index in [1.807, 2.05) is 6.92 Å². The van der Waals surface area contributed by atoms with Crippen LogP contribution in [0, 0.1) is 13.8 Å². The number of phenolic OH excluding ortho intramolecular Hbond substituents is 1. The Morgan fingerprint density at radius 1 is 0.885 bits per heavy atom. The van der Waals surface area contributed by atoms with Crippen molar-refractivity contribution >= 4 is 49.5 Å². The second kappa shape index (κ2) is 9.59. The predicted octanol–water partition coefficient (Wildman–Crippen LogP) is 4.38. The van der Waals surface area contributed by atoms with Crippen molar-refractivity contribution in [1.82, 2.24) is 0 Å². The fraction of sp³-hybridized carbons (Fsp3) is 0.222. The van der Waals surface area contributed by atoms with Gasteiger partial charge in [0.15, 0.2) is 0 Å². The van der Waals surface area contributed by atoms with E-state index in [2.05, 4.69) is 41.3 Å². The molecular formula is C18H19Br2NO5. The van der Waals surface area contributed by atoms with Gasteiger partial charge in [-0.3, -0.25) is 0 Å². The van der Waals surface area contributed by atoms with Gasteiger partial charge in [-0.2, -0.15) is 0 Å². The summed E-state index contributed by atoms with van der Waals surface area (Å²) in [5, 5.41) is 9.22. The maximum Gasteiger partial charge on any atom is 0.338 e. The lowest BCUT2D eigenvalue weighted by molar-refractivity contribution is 0.0590. The van der Waals surface area contributed by atoms with E-state index in [-0.39, 0.29) is 11.7 Å². The summed E-state index contributed by atoms with van der Waals surface area (Å²) < 4.78 is 10.7. The molecule has 2 aromatic carbocycles. The summed E-state index contributed by atoms with van der Waals surface area (Å²) in [5.74, 6) is -0.780. The average Bonchev–Trinajstić information content (AvgIpc) is 2.60. The van der Waals surface area contributed by atoms with Gasteiger partial charge in [-0.15, -0.1) is 0 Å². The maximum absolute atomic E-state index is 11.2. The summed E-state index contributed by atoms with van der Waals surface area (Å²) in [4.78, 5) is 22.4. The third kappa shape index (κ3) is 5.47. The minimum atomic E-state index is -0.450. The first kappa shape index (κ1) is 22.0. The molecule has 0 radical (unpaired) electrons. The van der Waals surface area contributed by atoms with Crippen molar-refractivity contribution in [3.63, 3.8) is 0 Å². The van der Waals surface area contributed by atoms with Crippen LogP contribution in [-0.4, -0.2) is 31.3 Å². The third-order valence-corrected chi connectivity index (χ3v) is 5.15. The number of phenols is 1. The van der Waals surface area contributed by atoms with Crippen LogP contribution in [-0.2, 0) is 9.47 Å². The largest absolute Gasteiger partial charge is 0.508 e. The first-order valence-corrected chi connectivity index (χ1v) is 8.92. The maximum atomic E-state index is 11.2. The van der Waals surface area contributed by atoms with E-state index in [0.29, 0.717) is 21.3 Å². The lowest BCUT2D eigenvalue weighted by Crippen LogP contribution is -2.05. The van der Waals surface area contributed by atoms with Gasteiger partial charge in [0.1, 0.15) is 5.75 Å². The second-order valence-electron chi connectivity index (χ2n) is 5.26. The Kier molecular flexibility index (Phi) is 8.10. The predicted molar refractivity (Wildman–Crippen MR) is 107 cm³/mol. The summed E-state index contributed by atoms with van der Waals surface area (Å²) in [6.07, 6.45) is 0. The number of halogens is 2. The molecule has 0 unspecified atom stereocenters. The molecule has 0 amide bonds. The Hall–Kier alpha value is -2.06. The Labute approximate surface area is 168 Å². The molecule has 0 heterocycles. The Morgan fingerprint density at radius 2 is 1.31 bits per heavy atom. The quantitative estimate of drug-likeness (QED) is 0.480. The van der Waals surface area contributed by atoms with Crippen LogP contribution < -0.4 is 5.73 Å². The summed E-state index contributed by atoms with van der Waals surface area (Å²) in [5.41, 5.74) is 8.58. The van der Waals surface area contributed by atoms with Gasteiger partial charge in [0.05, 0.1) is 25.3 Å². The average molecular weight is 489 g/mol. The van der Waals surface area contributed by atoms with Crippen molar-refractivity contribution in [2.45, 2.75) is 13.8 Å². The van der Waals surface area contributed by atoms with E-state index in [1.165, 1.54) is 26.4 Å². The molecule has 2 aromatic rings. The molecule has 0 aliphatic heterocycles. The Bertz CT molecular complexity index is 767. The second-order valence-corrected chi connectivity index (χ2v) is 6.97. The van der Waals surface area contributed by atoms with Crippen molar-refractivity contribution in [1.29, 1.82) is 0 Å². The summed E-state index contributed by atoms with van der Waals surface area (Å²) in [7, 11) is 2.65. The van der Waals surface area contributed by atoms with Crippen molar-refractivity contribution in [3.05, 3.63) is 55.5 Å². The number of methoxy groups -OCH3 is 2. The minimum Gasteiger partial charge on any atom is -0.508 e. The SMILES string of the molecule is COC(=O)c1cc(N)cc(Br)c1C.COC(=O)c1cc(O)cc(Br)c1C. The number of hydrogen-bond donors (Lipinski definition) is 2. The number of rotatable bonds is 2. The molecule has 0 spiro atoms. The molecule has 0 aliphatic rings. The molecule has 0 aliphatic carbocycles. The molecule has 3 N–H and O–H groups in total. The number of anilines is 1. The normalized spacial score (nSPS) is 9.77. The number of benzene rings is 2. The Balaban J connectivity index is 0.000000260. The third-order valence-electron chi connectivity index (χ3n) is 3.51. The van der Waals surface area contributed by atoms with Crippen LogP contribution in [0.3, 0.4) is 0 Å². The number of carbonyl (C=O) groups is 2. The highest BCUT2D eigenvalue weighted by atomic mass is 79.9. The van der Waals surface area contributed by atoms with E-state index in [0.717, 1.165) is 15.6 Å². The molecule has 2 rings (SSSR count). The van der Waals surface area contributed by atoms with Gasteiger partial charge in [-0.25, -0.2) is 9.59 Å². The van der Waals surface area contributed by atoms with Gasteiger partial charge in [0, 0.05) is 14.6 Å². The number of nitrogens with two attached hydrogens (primary N) is 1. The van der Waals surface area contributed by atoms with Crippen LogP contribution in [0.2, 0.25) is 0 Å². The number of carbonyl (C=O) groups excluding carboxylic acids is 2. The highest BCUT2D eigenvalue weighted by Crippen LogP contribution is 2.26. The number of ether oxygens (including phenoxy) is 2. The van der Waals surface area contributed by atoms with E-state index in [9.17, 15) is 14.7 Å². The van der Waals surface area contributed by atoms with Gasteiger partial charge in [0.25, 0.3) is 0 Å². The molecule has 0 bridgehead atoms. The lowest BCUT2D eigenvalue weighted by Gasteiger charge is -2.06. The first-order chi connectivity index (χ1) is 12.1. The van der Waals surface area contributed by atoms with Crippen LogP contribution in [0.5, 0.6) is 5.75 Å². The zero-order valence-electron chi connectivity index (χ0n) is 14.7. The number of hydrogen-bond acceptors (Lipinski definition) is 6. The molecule has 6 nitrogen and oxygen atoms in total. The Morgan fingerprint density at radius 3 is 1.77 bits per heavy atom. The minimum absolute atomic E-state index is 0.0397. The monoisotopic (exact) mass is 487 g/mol. The number of esters is 2. The molecule has 8 heteroatoms. The highest BCUT2D eigenvalue weighted by Gasteiger charge is 2.13. The fourth-order valence-electron chi connectivity index (χ4n) is 2.01. The molecule has 26 heavy (non-hydrogen) atoms. The smallest absolute Gasteiger partial charge is 0.338 e. The topological polar surface area (TPSA) is 98.9 Å². The van der Waals surface area contributed by atoms with Gasteiger partial charge in [-0.05, 0) is 49.2 Å². The van der Waals surface area contributed by atoms with E-state index in [1.54, 1.807) is 19.1 Å². The number of nitrogen functional groups attached to an aromatic ring is 1. The van der Waals surface area contributed by atoms with E-state index >= 15 is 0 Å². The molecule has 0 fully saturated rings. The van der Waals surface area contributed by atoms with Crippen molar-refractivity contribution in [3.8, 4) is 5.75 Å². The summed E-state index contributed by atoms with van der Waals surface area (Å²) in [6, 6.07) is 6.27. The van der Waals surface area contributed by atoms with Crippen molar-refractivity contribution in [2.24, 2.45) is 0 Å². The standard InChI is InChI=1S/C9H10BrNO2.C9H9BrO3/c2*1-5-7(9(12)13-2)3-6(11)4-8(5)10/h3-4H,11H2,1-2H3;3-4,11H,1-2H3. The van der Waals surface area contributed by atoms with Gasteiger partial charge < -0.3 is 20.3 Å². The fourth-order valence-corrected chi connectivity index (χ4v) is 2.93. The van der Waals surface area contributed by atoms with Crippen molar-refractivity contribution < 1.29 is 24.2 Å². The molecular weight excluding hydrogens is 470 g/mol. The number of aromatic hydroxyl groups is 1. The van der Waals surface area contributed by atoms with Gasteiger partial charge in [0.2, 0.25) is 0 Å². The van der Waals surface area contributed by atoms with Gasteiger partial charge >= 0.3 is 11.9 Å².